The average molecular weight is 548 g/mol. The molecule has 5 rings (SSSR count). The van der Waals surface area contributed by atoms with Gasteiger partial charge in [-0.15, -0.1) is 0 Å². The monoisotopic (exact) mass is 547 g/mol. The molecule has 36 heavy (non-hydrogen) atoms. The third kappa shape index (κ3) is 5.17. The molecule has 3 aromatic rings. The topological polar surface area (TPSA) is 79.8 Å². The molecule has 2 saturated heterocycles. The summed E-state index contributed by atoms with van der Waals surface area (Å²) in [5, 5.41) is 1.18. The quantitative estimate of drug-likeness (QED) is 0.425. The normalized spacial score (nSPS) is 19.7. The number of benzene rings is 2. The number of sulfonamides is 1. The van der Waals surface area contributed by atoms with Crippen molar-refractivity contribution in [3.8, 4) is 0 Å². The van der Waals surface area contributed by atoms with Gasteiger partial charge in [-0.2, -0.15) is 4.31 Å². The summed E-state index contributed by atoms with van der Waals surface area (Å²) in [6.07, 6.45) is 2.85. The number of nitrogens with zero attached hydrogens (tertiary/aromatic N) is 3. The van der Waals surface area contributed by atoms with Crippen LogP contribution < -0.4 is 4.90 Å². The zero-order valence-corrected chi connectivity index (χ0v) is 22.8. The molecule has 1 aromatic heterocycles. The average Bonchev–Trinajstić information content (AvgIpc) is 3.52. The van der Waals surface area contributed by atoms with Crippen molar-refractivity contribution in [3.05, 3.63) is 52.5 Å². The summed E-state index contributed by atoms with van der Waals surface area (Å²) in [5.41, 5.74) is 3.19. The van der Waals surface area contributed by atoms with Gasteiger partial charge in [0.15, 0.2) is 5.13 Å². The van der Waals surface area contributed by atoms with Gasteiger partial charge >= 0.3 is 0 Å². The van der Waals surface area contributed by atoms with Crippen molar-refractivity contribution < 1.29 is 17.9 Å². The fraction of sp³-hybridized carbons (Fsp3) is 0.462. The maximum Gasteiger partial charge on any atom is 0.243 e. The van der Waals surface area contributed by atoms with Crippen LogP contribution in [0.3, 0.4) is 0 Å². The second kappa shape index (κ2) is 10.4. The van der Waals surface area contributed by atoms with Crippen molar-refractivity contribution in [2.45, 2.75) is 50.5 Å². The molecule has 2 aliphatic rings. The minimum atomic E-state index is -3.63. The standard InChI is InChI=1S/C26H30ClN3O4S2/c1-17-14-18(2)24-23(15-17)35-26(28-24)30(16-21-4-3-13-34-21)25(31)19-9-11-29(12-10-19)36(32,33)22-7-5-20(27)6-8-22/h5-8,14-15,19,21H,3-4,9-13,16H2,1-2H3. The number of ether oxygens (including phenoxy) is 1. The third-order valence-electron chi connectivity index (χ3n) is 6.98. The molecular weight excluding hydrogens is 518 g/mol. The lowest BCUT2D eigenvalue weighted by molar-refractivity contribution is -0.123. The first-order valence-corrected chi connectivity index (χ1v) is 14.9. The van der Waals surface area contributed by atoms with E-state index in [1.54, 1.807) is 17.0 Å². The fourth-order valence-electron chi connectivity index (χ4n) is 5.05. The number of aryl methyl sites for hydroxylation is 2. The Bertz CT molecular complexity index is 1360. The molecule has 2 fully saturated rings. The van der Waals surface area contributed by atoms with Crippen LogP contribution in [0.2, 0.25) is 5.02 Å². The molecule has 0 N–H and O–H groups in total. The Kier molecular flexibility index (Phi) is 7.38. The molecule has 2 aromatic carbocycles. The predicted octanol–water partition coefficient (Wildman–Crippen LogP) is 5.18. The van der Waals surface area contributed by atoms with E-state index in [1.165, 1.54) is 33.3 Å². The molecule has 0 bridgehead atoms. The lowest BCUT2D eigenvalue weighted by Gasteiger charge is -2.33. The molecular formula is C26H30ClN3O4S2. The minimum absolute atomic E-state index is 0.00229. The van der Waals surface area contributed by atoms with Crippen LogP contribution in [-0.4, -0.2) is 56.0 Å². The van der Waals surface area contributed by atoms with Crippen LogP contribution in [-0.2, 0) is 19.6 Å². The van der Waals surface area contributed by atoms with Crippen molar-refractivity contribution in [1.82, 2.24) is 9.29 Å². The van der Waals surface area contributed by atoms with Gasteiger partial charge in [0.25, 0.3) is 0 Å². The summed E-state index contributed by atoms with van der Waals surface area (Å²) in [6.45, 7) is 5.89. The van der Waals surface area contributed by atoms with Crippen LogP contribution in [0.5, 0.6) is 0 Å². The Hall–Kier alpha value is -2.04. The van der Waals surface area contributed by atoms with Crippen molar-refractivity contribution in [2.24, 2.45) is 5.92 Å². The van der Waals surface area contributed by atoms with E-state index in [9.17, 15) is 13.2 Å². The summed E-state index contributed by atoms with van der Waals surface area (Å²) in [6, 6.07) is 10.4. The van der Waals surface area contributed by atoms with Crippen LogP contribution >= 0.6 is 22.9 Å². The number of anilines is 1. The molecule has 192 valence electrons. The highest BCUT2D eigenvalue weighted by Crippen LogP contribution is 2.35. The summed E-state index contributed by atoms with van der Waals surface area (Å²) in [5.74, 6) is -0.264. The highest BCUT2D eigenvalue weighted by molar-refractivity contribution is 7.89. The lowest BCUT2D eigenvalue weighted by atomic mass is 9.96. The number of rotatable bonds is 6. The van der Waals surface area contributed by atoms with Gasteiger partial charge in [-0.1, -0.05) is 29.0 Å². The molecule has 0 saturated carbocycles. The summed E-state index contributed by atoms with van der Waals surface area (Å²) >= 11 is 7.45. The Morgan fingerprint density at radius 2 is 1.89 bits per heavy atom. The number of amides is 1. The molecule has 10 heteroatoms. The maximum absolute atomic E-state index is 13.8. The number of piperidine rings is 1. The second-order valence-corrected chi connectivity index (χ2v) is 13.0. The van der Waals surface area contributed by atoms with Crippen LogP contribution in [0.25, 0.3) is 10.2 Å². The zero-order chi connectivity index (χ0) is 25.4. The van der Waals surface area contributed by atoms with E-state index in [1.807, 2.05) is 6.92 Å². The molecule has 0 radical (unpaired) electrons. The predicted molar refractivity (Wildman–Crippen MR) is 143 cm³/mol. The highest BCUT2D eigenvalue weighted by atomic mass is 35.5. The Morgan fingerprint density at radius 3 is 2.56 bits per heavy atom. The SMILES string of the molecule is Cc1cc(C)c2nc(N(CC3CCCO3)C(=O)C3CCN(S(=O)(=O)c4ccc(Cl)cc4)CC3)sc2c1. The van der Waals surface area contributed by atoms with Crippen molar-refractivity contribution in [1.29, 1.82) is 0 Å². The molecule has 2 aliphatic heterocycles. The minimum Gasteiger partial charge on any atom is -0.376 e. The van der Waals surface area contributed by atoms with E-state index >= 15 is 0 Å². The third-order valence-corrected chi connectivity index (χ3v) is 10.2. The van der Waals surface area contributed by atoms with Crippen molar-refractivity contribution >= 4 is 54.2 Å². The van der Waals surface area contributed by atoms with E-state index in [-0.39, 0.29) is 22.8 Å². The van der Waals surface area contributed by atoms with E-state index in [0.717, 1.165) is 28.6 Å². The molecule has 3 heterocycles. The molecule has 1 amide bonds. The summed E-state index contributed by atoms with van der Waals surface area (Å²) < 4.78 is 34.6. The molecule has 7 nitrogen and oxygen atoms in total. The number of carbonyl (C=O) groups excluding carboxylic acids is 1. The Labute approximate surface area is 221 Å². The van der Waals surface area contributed by atoms with Gasteiger partial charge < -0.3 is 4.74 Å². The molecule has 0 aliphatic carbocycles. The first kappa shape index (κ1) is 25.6. The van der Waals surface area contributed by atoms with E-state index in [2.05, 4.69) is 19.1 Å². The number of thiazole rings is 1. The maximum atomic E-state index is 13.8. The van der Waals surface area contributed by atoms with Crippen molar-refractivity contribution in [3.63, 3.8) is 0 Å². The van der Waals surface area contributed by atoms with Crippen LogP contribution in [0.4, 0.5) is 5.13 Å². The van der Waals surface area contributed by atoms with E-state index in [0.29, 0.717) is 49.2 Å². The van der Waals surface area contributed by atoms with Gasteiger partial charge in [-0.25, -0.2) is 13.4 Å². The molecule has 1 unspecified atom stereocenters. The van der Waals surface area contributed by atoms with Gasteiger partial charge in [0.05, 0.1) is 27.8 Å². The van der Waals surface area contributed by atoms with Crippen LogP contribution in [0.1, 0.15) is 36.8 Å². The number of fused-ring (bicyclic) bond motifs is 1. The number of halogens is 1. The Morgan fingerprint density at radius 1 is 1.17 bits per heavy atom. The van der Waals surface area contributed by atoms with Gasteiger partial charge in [0.1, 0.15) is 0 Å². The van der Waals surface area contributed by atoms with Gasteiger partial charge in [-0.3, -0.25) is 9.69 Å². The number of hydrogen-bond acceptors (Lipinski definition) is 6. The zero-order valence-electron chi connectivity index (χ0n) is 20.4. The molecule has 1 atom stereocenters. The first-order valence-electron chi connectivity index (χ1n) is 12.3. The van der Waals surface area contributed by atoms with Gasteiger partial charge in [0.2, 0.25) is 15.9 Å². The highest BCUT2D eigenvalue weighted by Gasteiger charge is 2.36. The van der Waals surface area contributed by atoms with Crippen LogP contribution in [0, 0.1) is 19.8 Å². The first-order chi connectivity index (χ1) is 17.2. The second-order valence-electron chi connectivity index (χ2n) is 9.64. The Balaban J connectivity index is 1.35. The van der Waals surface area contributed by atoms with Gasteiger partial charge in [-0.05, 0) is 81.0 Å². The lowest BCUT2D eigenvalue weighted by Crippen LogP contribution is -2.46. The number of hydrogen-bond donors (Lipinski definition) is 0. The smallest absolute Gasteiger partial charge is 0.243 e. The summed E-state index contributed by atoms with van der Waals surface area (Å²) in [4.78, 5) is 20.7. The number of carbonyl (C=O) groups is 1. The number of aromatic nitrogens is 1. The van der Waals surface area contributed by atoms with E-state index in [4.69, 9.17) is 21.3 Å². The van der Waals surface area contributed by atoms with Crippen molar-refractivity contribution in [2.75, 3.05) is 31.1 Å². The largest absolute Gasteiger partial charge is 0.376 e. The summed E-state index contributed by atoms with van der Waals surface area (Å²) in [7, 11) is -3.63. The van der Waals surface area contributed by atoms with E-state index < -0.39 is 10.0 Å². The van der Waals surface area contributed by atoms with Gasteiger partial charge in [0, 0.05) is 30.6 Å². The fourth-order valence-corrected chi connectivity index (χ4v) is 7.80. The van der Waals surface area contributed by atoms with Crippen LogP contribution in [0.15, 0.2) is 41.3 Å². The molecule has 0 spiro atoms.